The number of aromatic nitrogens is 1. The van der Waals surface area contributed by atoms with Gasteiger partial charge in [-0.3, -0.25) is 10.8 Å². The molecule has 0 spiro atoms. The summed E-state index contributed by atoms with van der Waals surface area (Å²) in [4.78, 5) is 4.90. The molecule has 2 aromatic rings. The van der Waals surface area contributed by atoms with E-state index in [0.29, 0.717) is 5.92 Å². The molecule has 4 heteroatoms. The number of aryl methyl sites for hydroxylation is 1. The number of nitrogens with one attached hydrogen (secondary N) is 1. The highest BCUT2D eigenvalue weighted by Gasteiger charge is 2.20. The van der Waals surface area contributed by atoms with Gasteiger partial charge < -0.3 is 5.43 Å². The molecule has 1 aliphatic carbocycles. The van der Waals surface area contributed by atoms with Crippen LogP contribution in [-0.4, -0.2) is 4.98 Å². The van der Waals surface area contributed by atoms with Gasteiger partial charge in [0, 0.05) is 21.5 Å². The number of halogens is 1. The van der Waals surface area contributed by atoms with Crippen molar-refractivity contribution < 1.29 is 0 Å². The van der Waals surface area contributed by atoms with E-state index in [1.54, 1.807) is 0 Å². The number of hydrazine groups is 1. The van der Waals surface area contributed by atoms with E-state index in [-0.39, 0.29) is 0 Å². The molecule has 1 fully saturated rings. The lowest BCUT2D eigenvalue weighted by Gasteiger charge is -2.15. The van der Waals surface area contributed by atoms with E-state index in [9.17, 15) is 0 Å². The number of hydrogen-bond acceptors (Lipinski definition) is 3. The van der Waals surface area contributed by atoms with Gasteiger partial charge in [-0.15, -0.1) is 0 Å². The molecule has 1 saturated carbocycles. The average Bonchev–Trinajstić information content (AvgIpc) is 2.96. The molecule has 1 aromatic carbocycles. The molecule has 1 heterocycles. The molecular weight excluding hydrogens is 302 g/mol. The van der Waals surface area contributed by atoms with Crippen molar-refractivity contribution in [2.45, 2.75) is 38.5 Å². The van der Waals surface area contributed by atoms with Crippen LogP contribution in [0.15, 0.2) is 22.7 Å². The first kappa shape index (κ1) is 12.9. The monoisotopic (exact) mass is 319 g/mol. The van der Waals surface area contributed by atoms with Gasteiger partial charge in [-0.2, -0.15) is 0 Å². The Morgan fingerprint density at radius 2 is 2.05 bits per heavy atom. The molecule has 1 aromatic heterocycles. The number of nitrogens with zero attached hydrogens (tertiary/aromatic N) is 1. The van der Waals surface area contributed by atoms with Crippen LogP contribution in [0.4, 0.5) is 5.69 Å². The van der Waals surface area contributed by atoms with E-state index in [1.165, 1.54) is 36.9 Å². The predicted molar refractivity (Wildman–Crippen MR) is 83.2 cm³/mol. The summed E-state index contributed by atoms with van der Waals surface area (Å²) in [5.41, 5.74) is 7.20. The van der Waals surface area contributed by atoms with E-state index >= 15 is 0 Å². The second-order valence-corrected chi connectivity index (χ2v) is 6.14. The van der Waals surface area contributed by atoms with Gasteiger partial charge in [0.2, 0.25) is 0 Å². The molecule has 3 N–H and O–H groups in total. The Morgan fingerprint density at radius 3 is 2.74 bits per heavy atom. The Kier molecular flexibility index (Phi) is 3.46. The van der Waals surface area contributed by atoms with Crippen LogP contribution in [0, 0.1) is 6.92 Å². The van der Waals surface area contributed by atoms with E-state index in [4.69, 9.17) is 10.8 Å². The molecule has 0 amide bonds. The van der Waals surface area contributed by atoms with Crippen LogP contribution < -0.4 is 11.3 Å². The third-order valence-corrected chi connectivity index (χ3v) is 4.98. The predicted octanol–water partition coefficient (Wildman–Crippen LogP) is 4.25. The molecule has 3 rings (SSSR count). The molecule has 0 atom stereocenters. The van der Waals surface area contributed by atoms with Crippen LogP contribution in [0.2, 0.25) is 0 Å². The van der Waals surface area contributed by atoms with Crippen LogP contribution >= 0.6 is 15.9 Å². The van der Waals surface area contributed by atoms with Crippen molar-refractivity contribution in [3.63, 3.8) is 0 Å². The second-order valence-electron chi connectivity index (χ2n) is 5.29. The molecule has 0 aliphatic heterocycles. The maximum absolute atomic E-state index is 5.68. The summed E-state index contributed by atoms with van der Waals surface area (Å²) in [6, 6.07) is 6.23. The Labute approximate surface area is 121 Å². The number of nitrogen functional groups attached to an aromatic ring is 1. The molecule has 0 radical (unpaired) electrons. The van der Waals surface area contributed by atoms with Crippen molar-refractivity contribution in [3.05, 3.63) is 33.9 Å². The van der Waals surface area contributed by atoms with Crippen molar-refractivity contribution in [1.82, 2.24) is 4.98 Å². The maximum Gasteiger partial charge on any atom is 0.0767 e. The first-order chi connectivity index (χ1) is 9.20. The van der Waals surface area contributed by atoms with E-state index < -0.39 is 0 Å². The van der Waals surface area contributed by atoms with Gasteiger partial charge in [0.25, 0.3) is 0 Å². The van der Waals surface area contributed by atoms with Gasteiger partial charge in [0.1, 0.15) is 0 Å². The van der Waals surface area contributed by atoms with E-state index in [2.05, 4.69) is 46.5 Å². The normalized spacial score (nSPS) is 16.2. The lowest BCUT2D eigenvalue weighted by Crippen LogP contribution is -2.09. The Balaban J connectivity index is 2.22. The zero-order chi connectivity index (χ0) is 13.4. The summed E-state index contributed by atoms with van der Waals surface area (Å²) in [6.07, 6.45) is 5.12. The van der Waals surface area contributed by atoms with Crippen molar-refractivity contribution in [2.75, 3.05) is 5.43 Å². The number of nitrogens with two attached hydrogens (primary N) is 1. The minimum Gasteiger partial charge on any atom is -0.323 e. The average molecular weight is 320 g/mol. The quantitative estimate of drug-likeness (QED) is 0.642. The summed E-state index contributed by atoms with van der Waals surface area (Å²) < 4.78 is 1.10. The van der Waals surface area contributed by atoms with Gasteiger partial charge in [0.15, 0.2) is 0 Å². The number of benzene rings is 1. The fourth-order valence-electron chi connectivity index (χ4n) is 2.97. The number of hydrogen-bond donors (Lipinski definition) is 2. The van der Waals surface area contributed by atoms with Crippen LogP contribution in [0.3, 0.4) is 0 Å². The Bertz CT molecular complexity index is 618. The van der Waals surface area contributed by atoms with Gasteiger partial charge >= 0.3 is 0 Å². The zero-order valence-electron chi connectivity index (χ0n) is 11.0. The summed E-state index contributed by atoms with van der Waals surface area (Å²) in [5, 5.41) is 1.09. The van der Waals surface area contributed by atoms with Crippen LogP contribution in [0.5, 0.6) is 0 Å². The summed E-state index contributed by atoms with van der Waals surface area (Å²) in [5.74, 6) is 6.27. The summed E-state index contributed by atoms with van der Waals surface area (Å²) in [6.45, 7) is 2.10. The number of pyridine rings is 1. The topological polar surface area (TPSA) is 50.9 Å². The smallest absolute Gasteiger partial charge is 0.0767 e. The SMILES string of the molecule is Cc1c(Br)ccc2c(NN)cc(C3CCCC3)nc12. The molecule has 0 saturated heterocycles. The minimum atomic E-state index is 0.592. The Hall–Kier alpha value is -1.13. The molecule has 100 valence electrons. The highest BCUT2D eigenvalue weighted by Crippen LogP contribution is 2.37. The van der Waals surface area contributed by atoms with Crippen molar-refractivity contribution in [3.8, 4) is 0 Å². The maximum atomic E-state index is 5.68. The third kappa shape index (κ3) is 2.23. The van der Waals surface area contributed by atoms with Crippen LogP contribution in [-0.2, 0) is 0 Å². The number of anilines is 1. The summed E-state index contributed by atoms with van der Waals surface area (Å²) >= 11 is 3.58. The number of rotatable bonds is 2. The fraction of sp³-hybridized carbons (Fsp3) is 0.400. The van der Waals surface area contributed by atoms with Crippen molar-refractivity contribution in [2.24, 2.45) is 5.84 Å². The molecular formula is C15H18BrN3. The lowest BCUT2D eigenvalue weighted by atomic mass is 10.0. The molecule has 0 unspecified atom stereocenters. The fourth-order valence-corrected chi connectivity index (χ4v) is 3.29. The van der Waals surface area contributed by atoms with Gasteiger partial charge in [-0.25, -0.2) is 0 Å². The molecule has 3 nitrogen and oxygen atoms in total. The van der Waals surface area contributed by atoms with Crippen molar-refractivity contribution >= 4 is 32.5 Å². The van der Waals surface area contributed by atoms with Crippen LogP contribution in [0.25, 0.3) is 10.9 Å². The third-order valence-electron chi connectivity index (χ3n) is 4.12. The van der Waals surface area contributed by atoms with Gasteiger partial charge in [-0.05, 0) is 43.5 Å². The standard InChI is InChI=1S/C15H18BrN3/c1-9-12(16)7-6-11-14(19-17)8-13(18-15(9)11)10-4-2-3-5-10/h6-8,10H,2-5,17H2,1H3,(H,18,19). The largest absolute Gasteiger partial charge is 0.323 e. The lowest BCUT2D eigenvalue weighted by molar-refractivity contribution is 0.701. The minimum absolute atomic E-state index is 0.592. The second kappa shape index (κ2) is 5.10. The Morgan fingerprint density at radius 1 is 1.32 bits per heavy atom. The van der Waals surface area contributed by atoms with E-state index in [1.807, 2.05) is 0 Å². The first-order valence-electron chi connectivity index (χ1n) is 6.77. The molecule has 0 bridgehead atoms. The molecule has 1 aliphatic rings. The number of fused-ring (bicyclic) bond motifs is 1. The first-order valence-corrected chi connectivity index (χ1v) is 7.56. The molecule has 19 heavy (non-hydrogen) atoms. The highest BCUT2D eigenvalue weighted by molar-refractivity contribution is 9.10. The zero-order valence-corrected chi connectivity index (χ0v) is 12.6. The summed E-state index contributed by atoms with van der Waals surface area (Å²) in [7, 11) is 0. The van der Waals surface area contributed by atoms with Crippen LogP contribution in [0.1, 0.15) is 42.9 Å². The van der Waals surface area contributed by atoms with Gasteiger partial charge in [-0.1, -0.05) is 28.8 Å². The van der Waals surface area contributed by atoms with E-state index in [0.717, 1.165) is 21.1 Å². The van der Waals surface area contributed by atoms with Gasteiger partial charge in [0.05, 0.1) is 11.2 Å². The highest BCUT2D eigenvalue weighted by atomic mass is 79.9. The van der Waals surface area contributed by atoms with Crippen molar-refractivity contribution in [1.29, 1.82) is 0 Å².